The third-order valence-electron chi connectivity index (χ3n) is 8.04. The SMILES string of the molecule is CC(C)(C)OC(=O)n1c(-c2ccc(OS(=O)(=O)c3ccc(OC(F)(F)F)cc3)c3c2C(=O)NC3)cc2cc(CN3CCCCC3)ccc21. The van der Waals surface area contributed by atoms with Crippen LogP contribution >= 0.6 is 0 Å². The van der Waals surface area contributed by atoms with Crippen LogP contribution < -0.4 is 14.2 Å². The molecule has 1 fully saturated rings. The van der Waals surface area contributed by atoms with Crippen LogP contribution in [0.15, 0.2) is 65.6 Å². The summed E-state index contributed by atoms with van der Waals surface area (Å²) in [5.41, 5.74) is 1.93. The van der Waals surface area contributed by atoms with Gasteiger partial charge in [-0.2, -0.15) is 8.42 Å². The molecule has 1 aromatic heterocycles. The van der Waals surface area contributed by atoms with Crippen molar-refractivity contribution in [1.82, 2.24) is 14.8 Å². The summed E-state index contributed by atoms with van der Waals surface area (Å²) in [6.45, 7) is 8.00. The molecule has 1 saturated heterocycles. The van der Waals surface area contributed by atoms with Crippen LogP contribution in [-0.2, 0) is 27.9 Å². The van der Waals surface area contributed by atoms with Gasteiger partial charge in [0.15, 0.2) is 0 Å². The van der Waals surface area contributed by atoms with E-state index in [-0.39, 0.29) is 23.4 Å². The zero-order chi connectivity index (χ0) is 34.4. The number of halogens is 3. The summed E-state index contributed by atoms with van der Waals surface area (Å²) >= 11 is 0. The van der Waals surface area contributed by atoms with Crippen molar-refractivity contribution in [2.75, 3.05) is 13.1 Å². The third kappa shape index (κ3) is 7.14. The van der Waals surface area contributed by atoms with Crippen LogP contribution in [0.4, 0.5) is 18.0 Å². The number of alkyl halides is 3. The molecule has 14 heteroatoms. The highest BCUT2D eigenvalue weighted by molar-refractivity contribution is 7.87. The van der Waals surface area contributed by atoms with E-state index in [1.165, 1.54) is 23.1 Å². The van der Waals surface area contributed by atoms with Crippen molar-refractivity contribution in [2.24, 2.45) is 0 Å². The second-order valence-corrected chi connectivity index (χ2v) is 14.3. The van der Waals surface area contributed by atoms with Crippen LogP contribution in [-0.4, -0.2) is 54.9 Å². The Balaban J connectivity index is 1.39. The molecular formula is C34H34F3N3O7S. The molecule has 0 saturated carbocycles. The van der Waals surface area contributed by atoms with Crippen molar-refractivity contribution < 1.29 is 44.8 Å². The van der Waals surface area contributed by atoms with Crippen molar-refractivity contribution in [3.63, 3.8) is 0 Å². The van der Waals surface area contributed by atoms with Gasteiger partial charge in [-0.1, -0.05) is 12.5 Å². The number of likely N-dealkylation sites (tertiary alicyclic amines) is 1. The van der Waals surface area contributed by atoms with E-state index in [9.17, 15) is 31.2 Å². The van der Waals surface area contributed by atoms with E-state index in [1.54, 1.807) is 20.8 Å². The summed E-state index contributed by atoms with van der Waals surface area (Å²) < 4.78 is 80.4. The van der Waals surface area contributed by atoms with Crippen LogP contribution in [0.25, 0.3) is 22.2 Å². The molecule has 1 N–H and O–H groups in total. The minimum absolute atomic E-state index is 0.0577. The molecule has 2 aliphatic rings. The molecule has 0 spiro atoms. The highest BCUT2D eigenvalue weighted by atomic mass is 32.2. The molecule has 0 atom stereocenters. The minimum atomic E-state index is -4.94. The van der Waals surface area contributed by atoms with Gasteiger partial charge in [0.25, 0.3) is 5.91 Å². The number of hydrogen-bond acceptors (Lipinski definition) is 8. The lowest BCUT2D eigenvalue weighted by Crippen LogP contribution is -2.29. The Morgan fingerprint density at radius 2 is 1.65 bits per heavy atom. The van der Waals surface area contributed by atoms with Crippen LogP contribution in [0.5, 0.6) is 11.5 Å². The maximum absolute atomic E-state index is 13.7. The number of fused-ring (bicyclic) bond motifs is 2. The zero-order valence-corrected chi connectivity index (χ0v) is 27.3. The monoisotopic (exact) mass is 685 g/mol. The smallest absolute Gasteiger partial charge is 0.443 e. The summed E-state index contributed by atoms with van der Waals surface area (Å²) in [7, 11) is -4.53. The second kappa shape index (κ2) is 12.5. The Morgan fingerprint density at radius 3 is 2.31 bits per heavy atom. The van der Waals surface area contributed by atoms with Crippen molar-refractivity contribution in [3.05, 3.63) is 77.4 Å². The third-order valence-corrected chi connectivity index (χ3v) is 9.29. The number of ether oxygens (including phenoxy) is 2. The Labute approximate surface area is 275 Å². The first-order valence-corrected chi connectivity index (χ1v) is 16.8. The lowest BCUT2D eigenvalue weighted by atomic mass is 9.99. The van der Waals surface area contributed by atoms with E-state index in [1.807, 2.05) is 24.3 Å². The largest absolute Gasteiger partial charge is 0.573 e. The summed E-state index contributed by atoms with van der Waals surface area (Å²) in [6.07, 6.45) is -2.07. The van der Waals surface area contributed by atoms with Crippen molar-refractivity contribution in [3.8, 4) is 22.8 Å². The van der Waals surface area contributed by atoms with Gasteiger partial charge in [-0.3, -0.25) is 9.69 Å². The van der Waals surface area contributed by atoms with E-state index < -0.39 is 44.7 Å². The van der Waals surface area contributed by atoms with Crippen LogP contribution in [0.1, 0.15) is 61.5 Å². The molecular weight excluding hydrogens is 651 g/mol. The number of carbonyl (C=O) groups is 2. The number of nitrogens with zero attached hydrogens (tertiary/aromatic N) is 2. The molecule has 0 bridgehead atoms. The van der Waals surface area contributed by atoms with Gasteiger partial charge in [-0.15, -0.1) is 13.2 Å². The van der Waals surface area contributed by atoms with Crippen LogP contribution in [0.3, 0.4) is 0 Å². The van der Waals surface area contributed by atoms with Gasteiger partial charge in [0, 0.05) is 29.6 Å². The first kappa shape index (κ1) is 33.3. The van der Waals surface area contributed by atoms with Crippen molar-refractivity contribution in [1.29, 1.82) is 0 Å². The quantitative estimate of drug-likeness (QED) is 0.207. The van der Waals surface area contributed by atoms with Gasteiger partial charge >= 0.3 is 22.6 Å². The van der Waals surface area contributed by atoms with E-state index in [4.69, 9.17) is 8.92 Å². The molecule has 1 amide bonds. The average molecular weight is 686 g/mol. The van der Waals surface area contributed by atoms with E-state index >= 15 is 0 Å². The molecule has 3 aromatic carbocycles. The Hall–Kier alpha value is -4.56. The minimum Gasteiger partial charge on any atom is -0.443 e. The molecule has 0 unspecified atom stereocenters. The summed E-state index contributed by atoms with van der Waals surface area (Å²) in [6, 6.07) is 14.1. The van der Waals surface area contributed by atoms with Gasteiger partial charge < -0.3 is 19.0 Å². The average Bonchev–Trinajstić information content (AvgIpc) is 3.57. The standard InChI is InChI=1S/C34H34F3N3O7S/c1-33(2,3)46-32(42)40-27-13-7-21(20-39-15-5-4-6-16-39)17-22(27)18-28(40)25-12-14-29(26-19-38-31(41)30(25)26)47-48(43,44)24-10-8-23(9-11-24)45-34(35,36)37/h7-14,17-18H,4-6,15-16,19-20H2,1-3H3,(H,38,41). The molecule has 0 aliphatic carbocycles. The number of aromatic nitrogens is 1. The van der Waals surface area contributed by atoms with Crippen molar-refractivity contribution in [2.45, 2.75) is 70.0 Å². The highest BCUT2D eigenvalue weighted by Gasteiger charge is 2.33. The predicted octanol–water partition coefficient (Wildman–Crippen LogP) is 6.99. The van der Waals surface area contributed by atoms with E-state index in [2.05, 4.69) is 15.0 Å². The number of hydrogen-bond donors (Lipinski definition) is 1. The first-order chi connectivity index (χ1) is 22.6. The van der Waals surface area contributed by atoms with E-state index in [0.717, 1.165) is 67.7 Å². The number of benzene rings is 3. The number of piperidine rings is 1. The number of rotatable bonds is 7. The zero-order valence-electron chi connectivity index (χ0n) is 26.5. The fourth-order valence-electron chi connectivity index (χ4n) is 6.03. The van der Waals surface area contributed by atoms with Crippen LogP contribution in [0, 0.1) is 0 Å². The molecule has 4 aromatic rings. The number of carbonyl (C=O) groups excluding carboxylic acids is 2. The number of nitrogens with one attached hydrogen (secondary N) is 1. The van der Waals surface area contributed by atoms with Crippen molar-refractivity contribution >= 4 is 33.0 Å². The summed E-state index contributed by atoms with van der Waals surface area (Å²) in [5.74, 6) is -1.24. The molecule has 0 radical (unpaired) electrons. The number of amides is 1. The molecule has 2 aliphatic heterocycles. The normalized spacial score (nSPS) is 15.7. The van der Waals surface area contributed by atoms with Gasteiger partial charge in [0.2, 0.25) is 0 Å². The first-order valence-electron chi connectivity index (χ1n) is 15.4. The Kier molecular flexibility index (Phi) is 8.66. The lowest BCUT2D eigenvalue weighted by Gasteiger charge is -2.26. The molecule has 254 valence electrons. The predicted molar refractivity (Wildman–Crippen MR) is 170 cm³/mol. The second-order valence-electron chi connectivity index (χ2n) is 12.8. The van der Waals surface area contributed by atoms with Gasteiger partial charge in [-0.25, -0.2) is 9.36 Å². The summed E-state index contributed by atoms with van der Waals surface area (Å²) in [4.78, 5) is 28.9. The molecule has 6 rings (SSSR count). The molecule has 10 nitrogen and oxygen atoms in total. The maximum Gasteiger partial charge on any atom is 0.573 e. The van der Waals surface area contributed by atoms with E-state index in [0.29, 0.717) is 16.8 Å². The van der Waals surface area contributed by atoms with Gasteiger partial charge in [-0.05, 0) is 107 Å². The van der Waals surface area contributed by atoms with Gasteiger partial charge in [0.1, 0.15) is 22.0 Å². The van der Waals surface area contributed by atoms with Crippen LogP contribution in [0.2, 0.25) is 0 Å². The topological polar surface area (TPSA) is 116 Å². The van der Waals surface area contributed by atoms with Gasteiger partial charge in [0.05, 0.1) is 16.8 Å². The summed E-state index contributed by atoms with van der Waals surface area (Å²) in [5, 5.41) is 3.46. The molecule has 48 heavy (non-hydrogen) atoms. The highest BCUT2D eigenvalue weighted by Crippen LogP contribution is 2.39. The Bertz CT molecular complexity index is 1990. The molecule has 3 heterocycles. The Morgan fingerprint density at radius 1 is 0.938 bits per heavy atom. The lowest BCUT2D eigenvalue weighted by molar-refractivity contribution is -0.274. The fourth-order valence-corrected chi connectivity index (χ4v) is 6.99. The maximum atomic E-state index is 13.7. The fraction of sp³-hybridized carbons (Fsp3) is 0.353.